The quantitative estimate of drug-likeness (QED) is 0.281. The van der Waals surface area contributed by atoms with Crippen molar-refractivity contribution in [2.24, 2.45) is 5.73 Å². The second kappa shape index (κ2) is 7.55. The van der Waals surface area contributed by atoms with Crippen LogP contribution in [0.15, 0.2) is 0 Å². The summed E-state index contributed by atoms with van der Waals surface area (Å²) in [6.07, 6.45) is 0.235. The van der Waals surface area contributed by atoms with Crippen LogP contribution in [0.5, 0.6) is 0 Å². The first-order chi connectivity index (χ1) is 7.44. The number of methoxy groups -OCH3 is 1. The monoisotopic (exact) mass is 252 g/mol. The van der Waals surface area contributed by atoms with Crippen molar-refractivity contribution in [3.63, 3.8) is 0 Å². The van der Waals surface area contributed by atoms with Crippen molar-refractivity contribution < 1.29 is 13.2 Å². The summed E-state index contributed by atoms with van der Waals surface area (Å²) in [4.78, 5) is 0. The second-order valence-corrected chi connectivity index (χ2v) is 4.91. The first-order valence-corrected chi connectivity index (χ1v) is 6.44. The Labute approximate surface area is 96.6 Å². The molecule has 0 aliphatic carbocycles. The first-order valence-electron chi connectivity index (χ1n) is 5.00. The third-order valence-electron chi connectivity index (χ3n) is 1.91. The van der Waals surface area contributed by atoms with Gasteiger partial charge in [0.1, 0.15) is 0 Å². The molecule has 0 atom stereocenters. The molecule has 0 saturated heterocycles. The number of amidine groups is 1. The van der Waals surface area contributed by atoms with E-state index in [1.807, 2.05) is 0 Å². The van der Waals surface area contributed by atoms with E-state index in [1.165, 1.54) is 11.4 Å². The van der Waals surface area contributed by atoms with Gasteiger partial charge in [0.2, 0.25) is 0 Å². The third kappa shape index (κ3) is 6.01. The van der Waals surface area contributed by atoms with E-state index in [0.29, 0.717) is 13.2 Å². The molecule has 0 spiro atoms. The maximum atomic E-state index is 11.7. The minimum Gasteiger partial charge on any atom is -0.388 e. The highest BCUT2D eigenvalue weighted by Crippen LogP contribution is 1.98. The highest BCUT2D eigenvalue weighted by atomic mass is 32.2. The molecule has 0 aliphatic rings. The average Bonchev–Trinajstić information content (AvgIpc) is 2.18. The van der Waals surface area contributed by atoms with Crippen LogP contribution in [-0.2, 0) is 14.9 Å². The molecule has 96 valence electrons. The van der Waals surface area contributed by atoms with Gasteiger partial charge in [-0.1, -0.05) is 6.92 Å². The largest absolute Gasteiger partial charge is 0.388 e. The van der Waals surface area contributed by atoms with Crippen LogP contribution in [0.1, 0.15) is 13.3 Å². The van der Waals surface area contributed by atoms with E-state index >= 15 is 0 Å². The molecule has 0 aromatic carbocycles. The summed E-state index contributed by atoms with van der Waals surface area (Å²) in [6.45, 7) is 2.85. The van der Waals surface area contributed by atoms with E-state index in [1.54, 1.807) is 6.92 Å². The van der Waals surface area contributed by atoms with Crippen molar-refractivity contribution in [1.29, 1.82) is 5.41 Å². The van der Waals surface area contributed by atoms with E-state index in [-0.39, 0.29) is 25.3 Å². The zero-order valence-electron chi connectivity index (χ0n) is 9.69. The van der Waals surface area contributed by atoms with E-state index < -0.39 is 10.2 Å². The Balaban J connectivity index is 4.25. The molecule has 0 bridgehead atoms. The Morgan fingerprint density at radius 2 is 2.19 bits per heavy atom. The van der Waals surface area contributed by atoms with Crippen LogP contribution in [0.4, 0.5) is 0 Å². The van der Waals surface area contributed by atoms with E-state index in [4.69, 9.17) is 15.9 Å². The minimum atomic E-state index is -3.49. The fraction of sp³-hybridized carbons (Fsp3) is 0.875. The molecule has 4 N–H and O–H groups in total. The Morgan fingerprint density at radius 1 is 1.56 bits per heavy atom. The highest BCUT2D eigenvalue weighted by Gasteiger charge is 2.19. The Morgan fingerprint density at radius 3 is 2.62 bits per heavy atom. The van der Waals surface area contributed by atoms with Gasteiger partial charge in [0.15, 0.2) is 0 Å². The predicted octanol–water partition coefficient (Wildman–Crippen LogP) is -0.885. The molecule has 0 aromatic rings. The number of hydrogen-bond donors (Lipinski definition) is 3. The van der Waals surface area contributed by atoms with Gasteiger partial charge in [0.25, 0.3) is 10.2 Å². The van der Waals surface area contributed by atoms with Crippen LogP contribution < -0.4 is 10.5 Å². The van der Waals surface area contributed by atoms with Crippen LogP contribution in [0.2, 0.25) is 0 Å². The van der Waals surface area contributed by atoms with Crippen LogP contribution in [-0.4, -0.2) is 51.9 Å². The maximum Gasteiger partial charge on any atom is 0.279 e. The van der Waals surface area contributed by atoms with Gasteiger partial charge in [-0.15, -0.1) is 0 Å². The molecule has 0 aromatic heterocycles. The van der Waals surface area contributed by atoms with E-state index in [9.17, 15) is 8.42 Å². The van der Waals surface area contributed by atoms with Crippen molar-refractivity contribution in [2.45, 2.75) is 13.3 Å². The van der Waals surface area contributed by atoms with E-state index in [2.05, 4.69) is 4.72 Å². The molecule has 0 unspecified atom stereocenters. The number of nitrogens with one attached hydrogen (secondary N) is 2. The summed E-state index contributed by atoms with van der Waals surface area (Å²) < 4.78 is 31.8. The molecule has 0 radical (unpaired) electrons. The lowest BCUT2D eigenvalue weighted by Crippen LogP contribution is -2.43. The molecule has 16 heavy (non-hydrogen) atoms. The zero-order valence-corrected chi connectivity index (χ0v) is 10.5. The van der Waals surface area contributed by atoms with Crippen molar-refractivity contribution >= 4 is 16.0 Å². The number of nitrogens with zero attached hydrogens (tertiary/aromatic N) is 1. The lowest BCUT2D eigenvalue weighted by molar-refractivity contribution is 0.203. The van der Waals surface area contributed by atoms with Crippen LogP contribution in [0, 0.1) is 5.41 Å². The fourth-order valence-corrected chi connectivity index (χ4v) is 2.25. The predicted molar refractivity (Wildman–Crippen MR) is 62.6 cm³/mol. The minimum absolute atomic E-state index is 0.0226. The van der Waals surface area contributed by atoms with Gasteiger partial charge in [-0.2, -0.15) is 17.4 Å². The third-order valence-corrected chi connectivity index (χ3v) is 3.60. The lowest BCUT2D eigenvalue weighted by atomic mass is 10.4. The number of nitrogens with two attached hydrogens (primary N) is 1. The molecule has 8 heteroatoms. The van der Waals surface area contributed by atoms with Gasteiger partial charge < -0.3 is 10.5 Å². The van der Waals surface area contributed by atoms with E-state index in [0.717, 1.165) is 0 Å². The molecule has 0 heterocycles. The summed E-state index contributed by atoms with van der Waals surface area (Å²) in [7, 11) is -1.99. The van der Waals surface area contributed by atoms with Gasteiger partial charge in [-0.05, 0) is 0 Å². The van der Waals surface area contributed by atoms with Crippen LogP contribution in [0.25, 0.3) is 0 Å². The van der Waals surface area contributed by atoms with Gasteiger partial charge >= 0.3 is 0 Å². The molecular formula is C8H20N4O3S. The van der Waals surface area contributed by atoms with Crippen LogP contribution >= 0.6 is 0 Å². The van der Waals surface area contributed by atoms with Gasteiger partial charge in [0, 0.05) is 33.2 Å². The summed E-state index contributed by atoms with van der Waals surface area (Å²) in [5.74, 6) is -0.0226. The molecule has 0 fully saturated rings. The van der Waals surface area contributed by atoms with Gasteiger partial charge in [0.05, 0.1) is 12.4 Å². The second-order valence-electron chi connectivity index (χ2n) is 3.16. The average molecular weight is 252 g/mol. The van der Waals surface area contributed by atoms with Crippen molar-refractivity contribution in [3.8, 4) is 0 Å². The highest BCUT2D eigenvalue weighted by molar-refractivity contribution is 7.87. The lowest BCUT2D eigenvalue weighted by Gasteiger charge is -2.20. The summed E-state index contributed by atoms with van der Waals surface area (Å²) >= 11 is 0. The fourth-order valence-electron chi connectivity index (χ4n) is 1.06. The van der Waals surface area contributed by atoms with Gasteiger partial charge in [-0.25, -0.2) is 0 Å². The number of ether oxygens (including phenoxy) is 1. The Kier molecular flexibility index (Phi) is 7.22. The SMILES string of the molecule is CCN(CCC(=N)N)S(=O)(=O)NCCOC. The molecule has 0 rings (SSSR count). The zero-order chi connectivity index (χ0) is 12.6. The summed E-state index contributed by atoms with van der Waals surface area (Å²) in [5, 5.41) is 7.05. The summed E-state index contributed by atoms with van der Waals surface area (Å²) in [6, 6.07) is 0. The maximum absolute atomic E-state index is 11.7. The van der Waals surface area contributed by atoms with Crippen molar-refractivity contribution in [3.05, 3.63) is 0 Å². The Bertz CT molecular complexity index is 304. The molecule has 0 aliphatic heterocycles. The van der Waals surface area contributed by atoms with Gasteiger partial charge in [-0.3, -0.25) is 5.41 Å². The standard InChI is InChI=1S/C8H20N4O3S/c1-3-12(6-4-8(9)10)16(13,14)11-5-7-15-2/h11H,3-7H2,1-2H3,(H3,9,10). The number of rotatable bonds is 9. The smallest absolute Gasteiger partial charge is 0.279 e. The number of hydrogen-bond acceptors (Lipinski definition) is 4. The topological polar surface area (TPSA) is 109 Å². The molecule has 0 saturated carbocycles. The normalized spacial score (nSPS) is 11.9. The molecule has 7 nitrogen and oxygen atoms in total. The van der Waals surface area contributed by atoms with Crippen LogP contribution in [0.3, 0.4) is 0 Å². The van der Waals surface area contributed by atoms with Crippen molar-refractivity contribution in [1.82, 2.24) is 9.03 Å². The first kappa shape index (κ1) is 15.3. The van der Waals surface area contributed by atoms with Crippen molar-refractivity contribution in [2.75, 3.05) is 33.4 Å². The summed E-state index contributed by atoms with van der Waals surface area (Å²) in [5.41, 5.74) is 5.18. The molecular weight excluding hydrogens is 232 g/mol. The molecule has 0 amide bonds. The Hall–Kier alpha value is -0.700.